The molecule has 528 valence electrons. The summed E-state index contributed by atoms with van der Waals surface area (Å²) in [7, 11) is -0.818. The van der Waals surface area contributed by atoms with Crippen LogP contribution in [0.3, 0.4) is 0 Å². The number of piperazine rings is 2. The summed E-state index contributed by atoms with van der Waals surface area (Å²) in [5.41, 5.74) is 0.484. The highest BCUT2D eigenvalue weighted by molar-refractivity contribution is 6.48. The van der Waals surface area contributed by atoms with E-state index < -0.39 is 80.2 Å². The monoisotopic (exact) mass is 1350 g/mol. The number of amides is 6. The van der Waals surface area contributed by atoms with Gasteiger partial charge in [0.25, 0.3) is 11.8 Å². The summed E-state index contributed by atoms with van der Waals surface area (Å²) in [4.78, 5) is 87.3. The van der Waals surface area contributed by atoms with E-state index in [0.29, 0.717) is 122 Å². The SMILES string of the molecule is CC(C)CB(O)O.COC(=O)N1CCN(C(C)(C)C=C(C#N)C(=O)N2CCC[C@H](OC(=O)N[C@@H](Cc3ccccc3)B(O)O)C2)CC1.COC(=O)N1CCN(C(C)(C)C=C(C#N)C(=O)N2CCC[C@H](OC(=O)N[C@@H](Cc3ccccc3)B3O[C@@H]4C[C@@H]5C[C@@H](C5(C)C)[C@]4(C)O3)C2)CC1. The Hall–Kier alpha value is -7.21. The second-order valence-electron chi connectivity index (χ2n) is 28.6. The zero-order valence-electron chi connectivity index (χ0n) is 58.4. The number of rotatable bonds is 18. The molecular formula is C68H101B3N10O16. The Morgan fingerprint density at radius 1 is 0.660 bits per heavy atom. The number of nitriles is 2. The van der Waals surface area contributed by atoms with Crippen LogP contribution in [-0.4, -0.2) is 247 Å². The Balaban J connectivity index is 0.000000254. The molecule has 8 atom stereocenters. The van der Waals surface area contributed by atoms with Gasteiger partial charge in [0.2, 0.25) is 0 Å². The van der Waals surface area contributed by atoms with Crippen LogP contribution in [0.4, 0.5) is 19.2 Å². The van der Waals surface area contributed by atoms with Crippen molar-refractivity contribution in [2.24, 2.45) is 23.2 Å². The second kappa shape index (κ2) is 34.5. The van der Waals surface area contributed by atoms with Crippen molar-refractivity contribution in [3.63, 3.8) is 0 Å². The van der Waals surface area contributed by atoms with Crippen LogP contribution in [-0.2, 0) is 50.7 Å². The molecule has 97 heavy (non-hydrogen) atoms. The van der Waals surface area contributed by atoms with Crippen LogP contribution >= 0.6 is 0 Å². The van der Waals surface area contributed by atoms with Gasteiger partial charge in [-0.2, -0.15) is 10.5 Å². The molecule has 10 rings (SSSR count). The highest BCUT2D eigenvalue weighted by atomic mass is 16.7. The number of hydrogen-bond acceptors (Lipinski definition) is 20. The number of carbonyl (C=O) groups excluding carboxylic acids is 6. The molecule has 5 heterocycles. The molecule has 0 spiro atoms. The molecular weight excluding hydrogens is 1250 g/mol. The summed E-state index contributed by atoms with van der Waals surface area (Å²) < 4.78 is 34.4. The molecule has 0 radical (unpaired) electrons. The molecule has 6 N–H and O–H groups in total. The lowest BCUT2D eigenvalue weighted by Gasteiger charge is -2.64. The predicted molar refractivity (Wildman–Crippen MR) is 363 cm³/mol. The van der Waals surface area contributed by atoms with Crippen molar-refractivity contribution in [2.45, 2.75) is 167 Å². The van der Waals surface area contributed by atoms with Crippen molar-refractivity contribution in [3.05, 3.63) is 95.1 Å². The van der Waals surface area contributed by atoms with Crippen molar-refractivity contribution >= 4 is 57.5 Å². The van der Waals surface area contributed by atoms with Gasteiger partial charge in [-0.25, -0.2) is 19.2 Å². The third-order valence-electron chi connectivity index (χ3n) is 20.2. The Kier molecular flexibility index (Phi) is 27.5. The number of nitrogens with one attached hydrogen (secondary N) is 2. The first-order valence-corrected chi connectivity index (χ1v) is 34.0. The van der Waals surface area contributed by atoms with Gasteiger partial charge in [-0.15, -0.1) is 0 Å². The van der Waals surface area contributed by atoms with Crippen LogP contribution in [0.2, 0.25) is 6.32 Å². The van der Waals surface area contributed by atoms with E-state index in [1.165, 1.54) is 19.1 Å². The first kappa shape index (κ1) is 77.2. The fraction of sp³-hybridized carbons (Fsp3) is 0.647. The summed E-state index contributed by atoms with van der Waals surface area (Å²) in [5.74, 6) is -0.880. The topological polar surface area (TPSA) is 330 Å². The minimum atomic E-state index is -1.78. The van der Waals surface area contributed by atoms with Crippen molar-refractivity contribution < 1.29 is 77.1 Å². The van der Waals surface area contributed by atoms with Gasteiger partial charge in [-0.3, -0.25) is 19.4 Å². The number of methoxy groups -OCH3 is 2. The van der Waals surface area contributed by atoms with E-state index in [-0.39, 0.29) is 60.3 Å². The Morgan fingerprint density at radius 2 is 1.10 bits per heavy atom. The van der Waals surface area contributed by atoms with Gasteiger partial charge >= 0.3 is 45.7 Å². The van der Waals surface area contributed by atoms with Crippen molar-refractivity contribution in [2.75, 3.05) is 92.8 Å². The van der Waals surface area contributed by atoms with E-state index in [1.54, 1.807) is 26.9 Å². The van der Waals surface area contributed by atoms with Crippen LogP contribution in [0, 0.1) is 45.8 Å². The molecule has 2 aromatic rings. The van der Waals surface area contributed by atoms with E-state index in [4.69, 9.17) is 38.3 Å². The van der Waals surface area contributed by atoms with Gasteiger partial charge in [-0.05, 0) is 139 Å². The Morgan fingerprint density at radius 3 is 1.49 bits per heavy atom. The minimum absolute atomic E-state index is 0.00294. The molecule has 0 unspecified atom stereocenters. The largest absolute Gasteiger partial charge is 0.482 e. The molecule has 2 aromatic carbocycles. The molecule has 8 aliphatic rings. The van der Waals surface area contributed by atoms with Crippen molar-refractivity contribution in [3.8, 4) is 12.1 Å². The standard InChI is InChI=1S/C37H52BN5O7.C27H38BN5O7.C4H11BO2/c1-35(2,43-17-15-41(16-18-43)34(46)47-6)22-26(23-39)32(44)42-14-10-13-28(24-42)48-33(45)40-31(19-25-11-8-7-9-12-25)38-49-30-21-27-20-29(36(27,3)4)37(30,5)50-38;1-27(2,33-14-12-31(13-15-33)26(36)39-3)17-21(18-29)24(34)32-11-7-10-22(19-32)40-25(35)30-23(28(37)38)16-20-8-5-4-6-9-20;1-4(2)3-5(6)7/h7-9,11-12,22,27-31H,10,13-21,24H2,1-6H3,(H,40,45);4-6,8-9,17,22-23,37-38H,7,10-16,19H2,1-3H3,(H,30,35);4,6-7H,3H2,1-2H3/t27-,28-,29-,30+,31-,37-;22-,23-;/m00./s1. The molecule has 6 amide bonds. The predicted octanol–water partition coefficient (Wildman–Crippen LogP) is 5.25. The van der Waals surface area contributed by atoms with E-state index in [2.05, 4.69) is 47.3 Å². The third kappa shape index (κ3) is 20.7. The van der Waals surface area contributed by atoms with Crippen LogP contribution in [0.5, 0.6) is 0 Å². The van der Waals surface area contributed by atoms with Crippen molar-refractivity contribution in [1.82, 2.24) is 40.0 Å². The molecule has 26 nitrogen and oxygen atoms in total. The number of carbonyl (C=O) groups is 6. The second-order valence-corrected chi connectivity index (χ2v) is 28.6. The number of hydrogen-bond donors (Lipinski definition) is 6. The summed E-state index contributed by atoms with van der Waals surface area (Å²) in [5, 5.41) is 61.5. The molecule has 5 saturated heterocycles. The highest BCUT2D eigenvalue weighted by Gasteiger charge is 2.68. The van der Waals surface area contributed by atoms with Crippen molar-refractivity contribution in [1.29, 1.82) is 10.5 Å². The lowest BCUT2D eigenvalue weighted by Crippen LogP contribution is -2.65. The number of piperidine rings is 2. The highest BCUT2D eigenvalue weighted by Crippen LogP contribution is 2.65. The smallest absolute Gasteiger partial charge is 0.453 e. The Labute approximate surface area is 572 Å². The maximum atomic E-state index is 13.6. The molecule has 0 aromatic heterocycles. The minimum Gasteiger partial charge on any atom is -0.453 e. The number of benzene rings is 2. The van der Waals surface area contributed by atoms with E-state index >= 15 is 0 Å². The zero-order chi connectivity index (χ0) is 71.0. The molecule has 29 heteroatoms. The first-order chi connectivity index (χ1) is 45.9. The van der Waals surface area contributed by atoms with Gasteiger partial charge in [0, 0.05) is 76.5 Å². The molecule has 3 aliphatic carbocycles. The average Bonchev–Trinajstić information content (AvgIpc) is 1.64. The molecule has 8 fully saturated rings. The number of nitrogens with zero attached hydrogens (tertiary/aromatic N) is 8. The van der Waals surface area contributed by atoms with Gasteiger partial charge < -0.3 is 78.6 Å². The summed E-state index contributed by atoms with van der Waals surface area (Å²) >= 11 is 0. The molecule has 5 aliphatic heterocycles. The fourth-order valence-electron chi connectivity index (χ4n) is 14.5. The molecule has 3 saturated carbocycles. The number of likely N-dealkylation sites (tertiary alicyclic amines) is 2. The normalized spacial score (nSPS) is 24.1. The fourth-order valence-corrected chi connectivity index (χ4v) is 14.5. The average molecular weight is 1350 g/mol. The molecule has 2 bridgehead atoms. The van der Waals surface area contributed by atoms with E-state index in [0.717, 1.165) is 24.0 Å². The van der Waals surface area contributed by atoms with Gasteiger partial charge in [0.1, 0.15) is 35.5 Å². The summed E-state index contributed by atoms with van der Waals surface area (Å²) in [6.45, 7) is 23.9. The van der Waals surface area contributed by atoms with E-state index in [1.807, 2.05) is 108 Å². The van der Waals surface area contributed by atoms with Gasteiger partial charge in [0.15, 0.2) is 0 Å². The van der Waals surface area contributed by atoms with Crippen LogP contribution in [0.1, 0.15) is 112 Å². The van der Waals surface area contributed by atoms with Gasteiger partial charge in [0.05, 0.1) is 50.9 Å². The lowest BCUT2D eigenvalue weighted by molar-refractivity contribution is -0.199. The zero-order valence-corrected chi connectivity index (χ0v) is 58.4. The van der Waals surface area contributed by atoms with Crippen LogP contribution in [0.15, 0.2) is 84.0 Å². The number of ether oxygens (including phenoxy) is 4. The third-order valence-corrected chi connectivity index (χ3v) is 20.2. The summed E-state index contributed by atoms with van der Waals surface area (Å²) in [6.07, 6.45) is 5.72. The Bertz CT molecular complexity index is 3130. The first-order valence-electron chi connectivity index (χ1n) is 34.0. The number of alkyl carbamates (subject to hydrolysis) is 2. The van der Waals surface area contributed by atoms with Crippen LogP contribution < -0.4 is 10.6 Å². The maximum Gasteiger partial charge on any atom is 0.482 e. The lowest BCUT2D eigenvalue weighted by atomic mass is 9.43. The van der Waals surface area contributed by atoms with Gasteiger partial charge in [-0.1, -0.05) is 88.4 Å². The van der Waals surface area contributed by atoms with E-state index in [9.17, 15) is 49.3 Å². The summed E-state index contributed by atoms with van der Waals surface area (Å²) in [6, 6.07) is 23.2. The maximum absolute atomic E-state index is 13.6. The quantitative estimate of drug-likeness (QED) is 0.0480. The van der Waals surface area contributed by atoms with Crippen LogP contribution in [0.25, 0.3) is 0 Å².